The van der Waals surface area contributed by atoms with Crippen LogP contribution in [0.25, 0.3) is 27.3 Å². The van der Waals surface area contributed by atoms with Crippen LogP contribution in [-0.2, 0) is 16.0 Å². The van der Waals surface area contributed by atoms with Crippen LogP contribution in [0.15, 0.2) is 84.4 Å². The van der Waals surface area contributed by atoms with Gasteiger partial charge in [0.25, 0.3) is 0 Å². The number of hydrogen-bond acceptors (Lipinski definition) is 6. The molecule has 1 amide bonds. The number of alkyl carbamates (subject to hydrolysis) is 1. The van der Waals surface area contributed by atoms with Gasteiger partial charge < -0.3 is 19.9 Å². The van der Waals surface area contributed by atoms with Crippen molar-refractivity contribution in [1.29, 1.82) is 0 Å². The molecule has 5 aromatic rings. The van der Waals surface area contributed by atoms with Crippen LogP contribution in [-0.4, -0.2) is 46.3 Å². The highest BCUT2D eigenvalue weighted by atomic mass is 32.1. The Morgan fingerprint density at radius 1 is 1.05 bits per heavy atom. The minimum Gasteiger partial charge on any atom is -0.497 e. The maximum absolute atomic E-state index is 12.9. The van der Waals surface area contributed by atoms with Crippen molar-refractivity contribution in [2.45, 2.75) is 18.4 Å². The number of fused-ring (bicyclic) bond motifs is 4. The number of ether oxygens (including phenoxy) is 2. The van der Waals surface area contributed by atoms with Gasteiger partial charge >= 0.3 is 12.1 Å². The Labute approximate surface area is 228 Å². The molecule has 0 radical (unpaired) electrons. The second kappa shape index (κ2) is 10.3. The molecule has 196 valence electrons. The van der Waals surface area contributed by atoms with Crippen molar-refractivity contribution >= 4 is 28.4 Å². The Kier molecular flexibility index (Phi) is 6.50. The molecule has 9 heteroatoms. The molecule has 2 N–H and O–H groups in total. The van der Waals surface area contributed by atoms with Crippen molar-refractivity contribution in [3.05, 3.63) is 101 Å². The molecule has 1 aliphatic rings. The summed E-state index contributed by atoms with van der Waals surface area (Å²) in [5.41, 5.74) is 6.52. The van der Waals surface area contributed by atoms with Crippen LogP contribution in [0.2, 0.25) is 0 Å². The summed E-state index contributed by atoms with van der Waals surface area (Å²) in [7, 11) is 1.59. The van der Waals surface area contributed by atoms with Gasteiger partial charge in [-0.3, -0.25) is 4.40 Å². The number of benzene rings is 3. The molecule has 6 rings (SSSR count). The summed E-state index contributed by atoms with van der Waals surface area (Å²) < 4.78 is 12.8. The number of carboxylic acids is 1. The zero-order valence-electron chi connectivity index (χ0n) is 21.0. The molecule has 2 heterocycles. The van der Waals surface area contributed by atoms with Crippen molar-refractivity contribution < 1.29 is 24.2 Å². The Bertz CT molecular complexity index is 1650. The number of imidazole rings is 1. The molecule has 39 heavy (non-hydrogen) atoms. The average molecular weight is 540 g/mol. The number of carboxylic acid groups (broad SMARTS) is 1. The lowest BCUT2D eigenvalue weighted by Gasteiger charge is -2.18. The molecule has 8 nitrogen and oxygen atoms in total. The van der Waals surface area contributed by atoms with Crippen LogP contribution in [0.4, 0.5) is 4.79 Å². The lowest BCUT2D eigenvalue weighted by Crippen LogP contribution is -2.43. The standard InChI is InChI=1S/C30H25N3O5S/c1-37-19-8-6-7-18(15-19)27-26(33-13-14-39-29(33)32-27)16-25(28(34)35)31-30(36)38-17-24-22-11-4-2-9-20(22)21-10-3-5-12-23(21)24/h2-15,24-25H,16-17H2,1H3,(H,31,36)(H,34,35). The summed E-state index contributed by atoms with van der Waals surface area (Å²) in [6.07, 6.45) is 1.08. The number of nitrogens with zero attached hydrogens (tertiary/aromatic N) is 2. The van der Waals surface area contributed by atoms with Crippen LogP contribution in [0.3, 0.4) is 0 Å². The summed E-state index contributed by atoms with van der Waals surface area (Å²) in [5.74, 6) is -0.613. The molecule has 0 saturated carbocycles. The van der Waals surface area contributed by atoms with Crippen molar-refractivity contribution in [3.63, 3.8) is 0 Å². The van der Waals surface area contributed by atoms with Crippen LogP contribution >= 0.6 is 11.3 Å². The highest BCUT2D eigenvalue weighted by Gasteiger charge is 2.30. The van der Waals surface area contributed by atoms with Gasteiger partial charge in [0.1, 0.15) is 18.4 Å². The SMILES string of the molecule is COc1cccc(-c2nc3sccn3c2CC(NC(=O)OCC2c3ccccc3-c3ccccc32)C(=O)O)c1. The van der Waals surface area contributed by atoms with E-state index in [1.807, 2.05) is 76.6 Å². The fourth-order valence-electron chi connectivity index (χ4n) is 5.20. The number of methoxy groups -OCH3 is 1. The third-order valence-electron chi connectivity index (χ3n) is 7.04. The normalized spacial score (nSPS) is 13.1. The van der Waals surface area contributed by atoms with E-state index in [1.165, 1.54) is 11.3 Å². The molecular formula is C30H25N3O5S. The monoisotopic (exact) mass is 539 g/mol. The van der Waals surface area contributed by atoms with Crippen LogP contribution < -0.4 is 10.1 Å². The Balaban J connectivity index is 1.21. The van der Waals surface area contributed by atoms with Gasteiger partial charge in [0, 0.05) is 29.5 Å². The van der Waals surface area contributed by atoms with E-state index in [1.54, 1.807) is 7.11 Å². The van der Waals surface area contributed by atoms with Gasteiger partial charge in [-0.15, -0.1) is 11.3 Å². The number of carbonyl (C=O) groups excluding carboxylic acids is 1. The summed E-state index contributed by atoms with van der Waals surface area (Å²) in [6, 6.07) is 22.3. The van der Waals surface area contributed by atoms with Crippen LogP contribution in [0, 0.1) is 0 Å². The fraction of sp³-hybridized carbons (Fsp3) is 0.167. The molecule has 0 fully saturated rings. The van der Waals surface area contributed by atoms with Gasteiger partial charge in [0.2, 0.25) is 0 Å². The van der Waals surface area contributed by atoms with Gasteiger partial charge in [-0.2, -0.15) is 0 Å². The second-order valence-corrected chi connectivity index (χ2v) is 10.1. The zero-order chi connectivity index (χ0) is 26.9. The quantitative estimate of drug-likeness (QED) is 0.266. The number of aliphatic carboxylic acids is 1. The smallest absolute Gasteiger partial charge is 0.407 e. The Morgan fingerprint density at radius 3 is 2.46 bits per heavy atom. The van der Waals surface area contributed by atoms with Gasteiger partial charge in [0.05, 0.1) is 18.5 Å². The van der Waals surface area contributed by atoms with E-state index in [-0.39, 0.29) is 18.9 Å². The molecule has 3 aromatic carbocycles. The topological polar surface area (TPSA) is 102 Å². The molecule has 0 spiro atoms. The van der Waals surface area contributed by atoms with E-state index >= 15 is 0 Å². The molecule has 0 saturated heterocycles. The van der Waals surface area contributed by atoms with E-state index in [4.69, 9.17) is 14.5 Å². The average Bonchev–Trinajstić information content (AvgIpc) is 3.64. The maximum atomic E-state index is 12.9. The molecule has 1 aliphatic carbocycles. The third-order valence-corrected chi connectivity index (χ3v) is 7.79. The maximum Gasteiger partial charge on any atom is 0.407 e. The number of thiazole rings is 1. The minimum absolute atomic E-state index is 0.0178. The number of carbonyl (C=O) groups is 2. The lowest BCUT2D eigenvalue weighted by molar-refractivity contribution is -0.139. The first kappa shape index (κ1) is 24.7. The van der Waals surface area contributed by atoms with Gasteiger partial charge in [0.15, 0.2) is 4.96 Å². The Hall–Kier alpha value is -4.63. The molecule has 0 aliphatic heterocycles. The fourth-order valence-corrected chi connectivity index (χ4v) is 5.94. The largest absolute Gasteiger partial charge is 0.497 e. The zero-order valence-corrected chi connectivity index (χ0v) is 21.9. The number of aromatic nitrogens is 2. The van der Waals surface area contributed by atoms with E-state index in [0.717, 1.165) is 32.8 Å². The van der Waals surface area contributed by atoms with Crippen LogP contribution in [0.1, 0.15) is 22.7 Å². The molecule has 1 unspecified atom stereocenters. The van der Waals surface area contributed by atoms with Crippen molar-refractivity contribution in [1.82, 2.24) is 14.7 Å². The number of nitrogens with one attached hydrogen (secondary N) is 1. The summed E-state index contributed by atoms with van der Waals surface area (Å²) in [4.78, 5) is 30.6. The van der Waals surface area contributed by atoms with E-state index in [9.17, 15) is 14.7 Å². The highest BCUT2D eigenvalue weighted by molar-refractivity contribution is 7.15. The number of amides is 1. The van der Waals surface area contributed by atoms with E-state index in [2.05, 4.69) is 17.4 Å². The van der Waals surface area contributed by atoms with Crippen molar-refractivity contribution in [2.24, 2.45) is 0 Å². The van der Waals surface area contributed by atoms with E-state index in [0.29, 0.717) is 17.1 Å². The lowest BCUT2D eigenvalue weighted by atomic mass is 9.98. The second-order valence-electron chi connectivity index (χ2n) is 9.26. The van der Waals surface area contributed by atoms with Crippen molar-refractivity contribution in [3.8, 4) is 28.1 Å². The molecule has 2 aromatic heterocycles. The van der Waals surface area contributed by atoms with Gasteiger partial charge in [-0.1, -0.05) is 60.7 Å². The van der Waals surface area contributed by atoms with Gasteiger partial charge in [-0.05, 0) is 34.4 Å². The summed E-state index contributed by atoms with van der Waals surface area (Å²) in [6.45, 7) is 0.0999. The summed E-state index contributed by atoms with van der Waals surface area (Å²) in [5, 5.41) is 14.5. The molecular weight excluding hydrogens is 514 g/mol. The first-order chi connectivity index (χ1) is 19.0. The van der Waals surface area contributed by atoms with Crippen LogP contribution in [0.5, 0.6) is 5.75 Å². The predicted octanol–water partition coefficient (Wildman–Crippen LogP) is 5.61. The number of hydrogen-bond donors (Lipinski definition) is 2. The Morgan fingerprint density at radius 2 is 1.77 bits per heavy atom. The van der Waals surface area contributed by atoms with Gasteiger partial charge in [-0.25, -0.2) is 14.6 Å². The predicted molar refractivity (Wildman–Crippen MR) is 148 cm³/mol. The molecule has 1 atom stereocenters. The first-order valence-corrected chi connectivity index (χ1v) is 13.3. The number of rotatable bonds is 8. The van der Waals surface area contributed by atoms with Crippen molar-refractivity contribution in [2.75, 3.05) is 13.7 Å². The summed E-state index contributed by atoms with van der Waals surface area (Å²) >= 11 is 1.45. The third kappa shape index (κ3) is 4.61. The molecule has 0 bridgehead atoms. The first-order valence-electron chi connectivity index (χ1n) is 12.5. The van der Waals surface area contributed by atoms with E-state index < -0.39 is 18.1 Å². The highest BCUT2D eigenvalue weighted by Crippen LogP contribution is 2.44. The minimum atomic E-state index is -1.22.